The Hall–Kier alpha value is -2.20. The quantitative estimate of drug-likeness (QED) is 0.392. The van der Waals surface area contributed by atoms with Crippen LogP contribution in [0.4, 0.5) is 0 Å². The Kier molecular flexibility index (Phi) is 10.6. The molecule has 3 aliphatic rings. The molecule has 2 aliphatic heterocycles. The number of carbonyl (C=O) groups is 2. The highest BCUT2D eigenvalue weighted by Crippen LogP contribution is 2.45. The first-order valence-electron chi connectivity index (χ1n) is 14.4. The summed E-state index contributed by atoms with van der Waals surface area (Å²) in [5.74, 6) is 6.86. The second kappa shape index (κ2) is 14.1. The van der Waals surface area contributed by atoms with Crippen LogP contribution in [0.15, 0.2) is 24.3 Å². The van der Waals surface area contributed by atoms with Gasteiger partial charge in [-0.05, 0) is 113 Å². The Morgan fingerprint density at radius 3 is 2.65 bits per heavy atom. The van der Waals surface area contributed by atoms with Crippen molar-refractivity contribution in [3.63, 3.8) is 0 Å². The molecule has 2 saturated heterocycles. The van der Waals surface area contributed by atoms with E-state index in [1.165, 1.54) is 71.2 Å². The zero-order chi connectivity index (χ0) is 25.9. The standard InChI is InChI=1S/C31H45N3O3/c1-32-30(36)29(8-3-21-35)27-7-2-5-25(23-27)6-4-22-37-28-9-13-31(14-10-28)15-19-34(20-16-31)24-26-11-17-33-18-12-26/h2,5,7,21,23,26,28-29,33H,3,8-20,22,24H2,1H3,(H,32,36). The van der Waals surface area contributed by atoms with Crippen molar-refractivity contribution >= 4 is 12.2 Å². The van der Waals surface area contributed by atoms with Crippen LogP contribution in [0.3, 0.4) is 0 Å². The van der Waals surface area contributed by atoms with Crippen LogP contribution in [0.5, 0.6) is 0 Å². The number of aldehydes is 1. The number of rotatable bonds is 9. The number of likely N-dealkylation sites (tertiary alicyclic amines) is 1. The van der Waals surface area contributed by atoms with Gasteiger partial charge in [0.15, 0.2) is 0 Å². The molecule has 0 bridgehead atoms. The van der Waals surface area contributed by atoms with E-state index in [1.807, 2.05) is 24.3 Å². The van der Waals surface area contributed by atoms with Crippen LogP contribution in [0.1, 0.15) is 81.3 Å². The predicted octanol–water partition coefficient (Wildman–Crippen LogP) is 3.89. The van der Waals surface area contributed by atoms with Crippen LogP contribution < -0.4 is 10.6 Å². The number of amides is 1. The van der Waals surface area contributed by atoms with Crippen LogP contribution in [-0.4, -0.2) is 69.6 Å². The van der Waals surface area contributed by atoms with E-state index in [2.05, 4.69) is 27.4 Å². The van der Waals surface area contributed by atoms with Crippen molar-refractivity contribution < 1.29 is 14.3 Å². The van der Waals surface area contributed by atoms with Crippen LogP contribution in [0, 0.1) is 23.2 Å². The minimum absolute atomic E-state index is 0.0715. The minimum atomic E-state index is -0.334. The number of hydrogen-bond donors (Lipinski definition) is 2. The fourth-order valence-corrected chi connectivity index (χ4v) is 6.50. The Balaban J connectivity index is 1.19. The molecule has 6 nitrogen and oxygen atoms in total. The summed E-state index contributed by atoms with van der Waals surface area (Å²) in [7, 11) is 1.63. The number of ether oxygens (including phenoxy) is 1. The molecule has 0 aromatic heterocycles. The summed E-state index contributed by atoms with van der Waals surface area (Å²) in [5, 5.41) is 6.19. The van der Waals surface area contributed by atoms with Crippen molar-refractivity contribution in [3.8, 4) is 11.8 Å². The molecule has 2 N–H and O–H groups in total. The number of hydrogen-bond acceptors (Lipinski definition) is 5. The maximum atomic E-state index is 12.3. The zero-order valence-corrected chi connectivity index (χ0v) is 22.6. The summed E-state index contributed by atoms with van der Waals surface area (Å²) < 4.78 is 6.15. The van der Waals surface area contributed by atoms with E-state index < -0.39 is 0 Å². The van der Waals surface area contributed by atoms with Gasteiger partial charge in [0.25, 0.3) is 0 Å². The Morgan fingerprint density at radius 1 is 1.19 bits per heavy atom. The monoisotopic (exact) mass is 507 g/mol. The SMILES string of the molecule is CNC(=O)C(CCC=O)c1cccc(C#CCOC2CCC3(CC2)CCN(CC2CCNCC2)CC3)c1. The highest BCUT2D eigenvalue weighted by atomic mass is 16.5. The first-order valence-corrected chi connectivity index (χ1v) is 14.4. The van der Waals surface area contributed by atoms with Gasteiger partial charge in [-0.3, -0.25) is 4.79 Å². The van der Waals surface area contributed by atoms with Gasteiger partial charge < -0.3 is 25.1 Å². The summed E-state index contributed by atoms with van der Waals surface area (Å²) in [5.41, 5.74) is 2.31. The molecule has 1 unspecified atom stereocenters. The molecule has 0 radical (unpaired) electrons. The van der Waals surface area contributed by atoms with Gasteiger partial charge in [0.2, 0.25) is 5.91 Å². The van der Waals surface area contributed by atoms with Crippen molar-refractivity contribution in [1.82, 2.24) is 15.5 Å². The summed E-state index contributed by atoms with van der Waals surface area (Å²) in [4.78, 5) is 25.8. The summed E-state index contributed by atoms with van der Waals surface area (Å²) in [6, 6.07) is 7.77. The molecule has 4 rings (SSSR count). The molecule has 1 aliphatic carbocycles. The average molecular weight is 508 g/mol. The van der Waals surface area contributed by atoms with E-state index in [0.29, 0.717) is 31.0 Å². The number of likely N-dealkylation sites (N-methyl/N-ethyl adjacent to an activating group) is 1. The summed E-state index contributed by atoms with van der Waals surface area (Å²) in [6.07, 6.45) is 12.3. The van der Waals surface area contributed by atoms with E-state index in [4.69, 9.17) is 4.74 Å². The first-order chi connectivity index (χ1) is 18.1. The van der Waals surface area contributed by atoms with Crippen molar-refractivity contribution in [3.05, 3.63) is 35.4 Å². The Morgan fingerprint density at radius 2 is 1.95 bits per heavy atom. The third kappa shape index (κ3) is 8.14. The molecule has 1 aromatic rings. The molecular weight excluding hydrogens is 462 g/mol. The smallest absolute Gasteiger partial charge is 0.227 e. The third-order valence-corrected chi connectivity index (χ3v) is 8.93. The lowest BCUT2D eigenvalue weighted by Gasteiger charge is -2.46. The first kappa shape index (κ1) is 27.8. The van der Waals surface area contributed by atoms with Gasteiger partial charge in [-0.2, -0.15) is 0 Å². The molecule has 37 heavy (non-hydrogen) atoms. The highest BCUT2D eigenvalue weighted by molar-refractivity contribution is 5.83. The maximum absolute atomic E-state index is 12.3. The molecule has 1 amide bonds. The average Bonchev–Trinajstić information content (AvgIpc) is 2.94. The summed E-state index contributed by atoms with van der Waals surface area (Å²) >= 11 is 0. The lowest BCUT2D eigenvalue weighted by atomic mass is 9.67. The fraction of sp³-hybridized carbons (Fsp3) is 0.677. The fourth-order valence-electron chi connectivity index (χ4n) is 6.50. The van der Waals surface area contributed by atoms with Crippen molar-refractivity contribution in [1.29, 1.82) is 0 Å². The summed E-state index contributed by atoms with van der Waals surface area (Å²) in [6.45, 7) is 6.68. The van der Waals surface area contributed by atoms with Gasteiger partial charge in [0, 0.05) is 25.6 Å². The molecular formula is C31H45N3O3. The van der Waals surface area contributed by atoms with E-state index in [-0.39, 0.29) is 11.8 Å². The molecule has 2 heterocycles. The molecule has 1 atom stereocenters. The van der Waals surface area contributed by atoms with Gasteiger partial charge >= 0.3 is 0 Å². The van der Waals surface area contributed by atoms with Gasteiger partial charge in [0.1, 0.15) is 12.9 Å². The van der Waals surface area contributed by atoms with Gasteiger partial charge in [0.05, 0.1) is 12.0 Å². The second-order valence-corrected chi connectivity index (χ2v) is 11.3. The van der Waals surface area contributed by atoms with Crippen molar-refractivity contribution in [2.75, 3.05) is 46.4 Å². The number of piperidine rings is 2. The van der Waals surface area contributed by atoms with E-state index in [0.717, 1.165) is 36.2 Å². The Labute approximate surface area is 223 Å². The normalized spacial score (nSPS) is 21.6. The molecule has 1 aromatic carbocycles. The number of carbonyl (C=O) groups excluding carboxylic acids is 2. The lowest BCUT2D eigenvalue weighted by Crippen LogP contribution is -2.45. The minimum Gasteiger partial charge on any atom is -0.366 e. The highest BCUT2D eigenvalue weighted by Gasteiger charge is 2.38. The topological polar surface area (TPSA) is 70.7 Å². The predicted molar refractivity (Wildman–Crippen MR) is 147 cm³/mol. The molecule has 3 fully saturated rings. The maximum Gasteiger partial charge on any atom is 0.227 e. The van der Waals surface area contributed by atoms with Crippen LogP contribution in [-0.2, 0) is 14.3 Å². The van der Waals surface area contributed by atoms with Crippen molar-refractivity contribution in [2.45, 2.75) is 76.2 Å². The molecule has 1 spiro atoms. The van der Waals surface area contributed by atoms with E-state index >= 15 is 0 Å². The largest absolute Gasteiger partial charge is 0.366 e. The molecule has 6 heteroatoms. The molecule has 1 saturated carbocycles. The van der Waals surface area contributed by atoms with Crippen LogP contribution in [0.25, 0.3) is 0 Å². The van der Waals surface area contributed by atoms with Crippen molar-refractivity contribution in [2.24, 2.45) is 11.3 Å². The number of benzene rings is 1. The van der Waals surface area contributed by atoms with Crippen LogP contribution >= 0.6 is 0 Å². The van der Waals surface area contributed by atoms with Gasteiger partial charge in [-0.15, -0.1) is 0 Å². The number of nitrogens with zero attached hydrogens (tertiary/aromatic N) is 1. The second-order valence-electron chi connectivity index (χ2n) is 11.3. The van der Waals surface area contributed by atoms with Gasteiger partial charge in [-0.1, -0.05) is 24.0 Å². The van der Waals surface area contributed by atoms with E-state index in [1.54, 1.807) is 7.05 Å². The molecule has 202 valence electrons. The van der Waals surface area contributed by atoms with Crippen LogP contribution in [0.2, 0.25) is 0 Å². The van der Waals surface area contributed by atoms with Gasteiger partial charge in [-0.25, -0.2) is 0 Å². The Bertz CT molecular complexity index is 929. The third-order valence-electron chi connectivity index (χ3n) is 8.93. The van der Waals surface area contributed by atoms with E-state index in [9.17, 15) is 9.59 Å². The zero-order valence-electron chi connectivity index (χ0n) is 22.6. The number of nitrogens with one attached hydrogen (secondary N) is 2. The lowest BCUT2D eigenvalue weighted by molar-refractivity contribution is -0.122.